The van der Waals surface area contributed by atoms with Crippen molar-refractivity contribution in [1.29, 1.82) is 5.41 Å². The monoisotopic (exact) mass is 468 g/mol. The highest BCUT2D eigenvalue weighted by molar-refractivity contribution is 5.67. The zero-order chi connectivity index (χ0) is 24.3. The summed E-state index contributed by atoms with van der Waals surface area (Å²) in [5.74, 6) is 1.20. The van der Waals surface area contributed by atoms with Crippen molar-refractivity contribution in [3.8, 4) is 5.88 Å². The minimum atomic E-state index is -0.474. The highest BCUT2D eigenvalue weighted by atomic mass is 16.6. The van der Waals surface area contributed by atoms with Crippen LogP contribution in [0.1, 0.15) is 43.2 Å². The van der Waals surface area contributed by atoms with E-state index >= 15 is 0 Å². The predicted octanol–water partition coefficient (Wildman–Crippen LogP) is 5.16. The third-order valence-corrected chi connectivity index (χ3v) is 6.19. The van der Waals surface area contributed by atoms with Crippen LogP contribution in [0.25, 0.3) is 0 Å². The van der Waals surface area contributed by atoms with Crippen molar-refractivity contribution in [2.45, 2.75) is 45.6 Å². The average molecular weight is 469 g/mol. The zero-order valence-corrected chi connectivity index (χ0v) is 19.5. The first-order chi connectivity index (χ1) is 16.5. The quantitative estimate of drug-likeness (QED) is 0.276. The number of amides is 1. The van der Waals surface area contributed by atoms with Crippen LogP contribution in [0.3, 0.4) is 0 Å². The SMILES string of the molecule is Cc1cc([N+](=O)[O-])cnc1OCC[C@H](CC=N)CC1CCN(C(=O)OCc2ccccc2)CC1. The Balaban J connectivity index is 1.40. The molecule has 1 N–H and O–H groups in total. The highest BCUT2D eigenvalue weighted by Gasteiger charge is 2.26. The molecule has 0 spiro atoms. The second-order valence-corrected chi connectivity index (χ2v) is 8.72. The summed E-state index contributed by atoms with van der Waals surface area (Å²) in [6.07, 6.45) is 6.63. The summed E-state index contributed by atoms with van der Waals surface area (Å²) >= 11 is 0. The summed E-state index contributed by atoms with van der Waals surface area (Å²) in [5.41, 5.74) is 1.55. The van der Waals surface area contributed by atoms with E-state index in [2.05, 4.69) is 4.98 Å². The number of piperidine rings is 1. The number of carbonyl (C=O) groups is 1. The van der Waals surface area contributed by atoms with Crippen molar-refractivity contribution in [1.82, 2.24) is 9.88 Å². The van der Waals surface area contributed by atoms with E-state index in [9.17, 15) is 14.9 Å². The van der Waals surface area contributed by atoms with Gasteiger partial charge in [-0.25, -0.2) is 9.78 Å². The Kier molecular flexibility index (Phi) is 9.37. The summed E-state index contributed by atoms with van der Waals surface area (Å²) in [7, 11) is 0. The highest BCUT2D eigenvalue weighted by Crippen LogP contribution is 2.28. The second-order valence-electron chi connectivity index (χ2n) is 8.72. The molecule has 1 fully saturated rings. The molecule has 2 aromatic rings. The Morgan fingerprint density at radius 1 is 1.32 bits per heavy atom. The second kappa shape index (κ2) is 12.7. The van der Waals surface area contributed by atoms with Crippen LogP contribution in [0.2, 0.25) is 0 Å². The fourth-order valence-electron chi connectivity index (χ4n) is 4.25. The van der Waals surface area contributed by atoms with Gasteiger partial charge in [-0.2, -0.15) is 0 Å². The van der Waals surface area contributed by atoms with E-state index in [1.807, 2.05) is 30.3 Å². The van der Waals surface area contributed by atoms with Gasteiger partial charge in [-0.05, 0) is 62.6 Å². The number of ether oxygens (including phenoxy) is 2. The number of likely N-dealkylation sites (tertiary alicyclic amines) is 1. The first-order valence-electron chi connectivity index (χ1n) is 11.6. The largest absolute Gasteiger partial charge is 0.477 e. The van der Waals surface area contributed by atoms with E-state index in [1.54, 1.807) is 11.8 Å². The van der Waals surface area contributed by atoms with Gasteiger partial charge in [-0.1, -0.05) is 30.3 Å². The first-order valence-corrected chi connectivity index (χ1v) is 11.6. The molecule has 1 saturated heterocycles. The molecule has 2 heterocycles. The molecule has 0 radical (unpaired) electrons. The predicted molar refractivity (Wildman–Crippen MR) is 128 cm³/mol. The molecule has 1 aromatic heterocycles. The number of benzene rings is 1. The van der Waals surface area contributed by atoms with Crippen molar-refractivity contribution < 1.29 is 19.2 Å². The maximum Gasteiger partial charge on any atom is 0.410 e. The lowest BCUT2D eigenvalue weighted by Crippen LogP contribution is -2.39. The van der Waals surface area contributed by atoms with Crippen LogP contribution in [-0.2, 0) is 11.3 Å². The maximum absolute atomic E-state index is 12.4. The lowest BCUT2D eigenvalue weighted by Gasteiger charge is -2.33. The molecule has 9 nitrogen and oxygen atoms in total. The third-order valence-electron chi connectivity index (χ3n) is 6.19. The molecule has 1 aliphatic heterocycles. The van der Waals surface area contributed by atoms with Crippen molar-refractivity contribution in [2.75, 3.05) is 19.7 Å². The van der Waals surface area contributed by atoms with E-state index in [-0.39, 0.29) is 18.4 Å². The molecule has 3 rings (SSSR count). The molecule has 0 bridgehead atoms. The van der Waals surface area contributed by atoms with Gasteiger partial charge >= 0.3 is 6.09 Å². The van der Waals surface area contributed by atoms with Gasteiger partial charge in [0.1, 0.15) is 12.8 Å². The Hall–Kier alpha value is -3.49. The zero-order valence-electron chi connectivity index (χ0n) is 19.5. The standard InChI is InChI=1S/C25H32N4O5/c1-19-15-23(29(31)32)17-27-24(19)33-14-10-20(7-11-26)16-21-8-12-28(13-9-21)25(30)34-18-22-5-3-2-4-6-22/h2-6,11,15,17,20-21,26H,7-10,12-14,16,18H2,1H3/t20-/m0/s1. The van der Waals surface area contributed by atoms with Crippen molar-refractivity contribution in [3.05, 3.63) is 63.8 Å². The molecule has 1 aliphatic rings. The Labute approximate surface area is 199 Å². The van der Waals surface area contributed by atoms with Crippen molar-refractivity contribution in [3.63, 3.8) is 0 Å². The summed E-state index contributed by atoms with van der Waals surface area (Å²) in [4.78, 5) is 28.6. The minimum Gasteiger partial charge on any atom is -0.477 e. The minimum absolute atomic E-state index is 0.0539. The van der Waals surface area contributed by atoms with Crippen LogP contribution in [-0.4, -0.2) is 46.8 Å². The van der Waals surface area contributed by atoms with Gasteiger partial charge in [0.2, 0.25) is 5.88 Å². The van der Waals surface area contributed by atoms with E-state index < -0.39 is 4.92 Å². The fraction of sp³-hybridized carbons (Fsp3) is 0.480. The van der Waals surface area contributed by atoms with Crippen LogP contribution in [0.4, 0.5) is 10.5 Å². The van der Waals surface area contributed by atoms with E-state index in [1.165, 1.54) is 18.5 Å². The molecule has 0 unspecified atom stereocenters. The normalized spacial score (nSPS) is 14.9. The van der Waals surface area contributed by atoms with Gasteiger partial charge in [0.25, 0.3) is 5.69 Å². The van der Waals surface area contributed by atoms with Gasteiger partial charge in [-0.15, -0.1) is 0 Å². The first kappa shape index (κ1) is 25.1. The molecule has 0 aliphatic carbocycles. The van der Waals surface area contributed by atoms with Crippen LogP contribution in [0.5, 0.6) is 5.88 Å². The number of nitrogens with zero attached hydrogens (tertiary/aromatic N) is 3. The molecule has 9 heteroatoms. The van der Waals surface area contributed by atoms with E-state index in [0.29, 0.717) is 49.4 Å². The number of hydrogen-bond acceptors (Lipinski definition) is 7. The van der Waals surface area contributed by atoms with Gasteiger partial charge in [0, 0.05) is 24.7 Å². The number of aryl methyl sites for hydroxylation is 1. The van der Waals surface area contributed by atoms with Crippen molar-refractivity contribution >= 4 is 18.0 Å². The van der Waals surface area contributed by atoms with Crippen LogP contribution in [0, 0.1) is 34.3 Å². The molecule has 1 aromatic carbocycles. The molecule has 0 saturated carbocycles. The summed E-state index contributed by atoms with van der Waals surface area (Å²) in [6, 6.07) is 11.1. The number of aromatic nitrogens is 1. The molecular formula is C25H32N4O5. The number of rotatable bonds is 11. The van der Waals surface area contributed by atoms with Gasteiger partial charge < -0.3 is 19.8 Å². The smallest absolute Gasteiger partial charge is 0.410 e. The molecule has 1 amide bonds. The molecular weight excluding hydrogens is 436 g/mol. The Morgan fingerprint density at radius 3 is 2.71 bits per heavy atom. The number of nitro groups is 1. The van der Waals surface area contributed by atoms with Crippen molar-refractivity contribution in [2.24, 2.45) is 11.8 Å². The Bertz CT molecular complexity index is 961. The molecule has 1 atom stereocenters. The summed E-state index contributed by atoms with van der Waals surface area (Å²) in [6.45, 7) is 3.82. The third kappa shape index (κ3) is 7.54. The number of carbonyl (C=O) groups excluding carboxylic acids is 1. The van der Waals surface area contributed by atoms with Crippen LogP contribution < -0.4 is 4.74 Å². The van der Waals surface area contributed by atoms with Crippen LogP contribution in [0.15, 0.2) is 42.6 Å². The van der Waals surface area contributed by atoms with E-state index in [4.69, 9.17) is 14.9 Å². The van der Waals surface area contributed by atoms with Gasteiger partial charge in [0.05, 0.1) is 11.5 Å². The average Bonchev–Trinajstić information content (AvgIpc) is 2.84. The fourth-order valence-corrected chi connectivity index (χ4v) is 4.25. The number of pyridine rings is 1. The Morgan fingerprint density at radius 2 is 2.06 bits per heavy atom. The number of nitrogens with one attached hydrogen (secondary N) is 1. The topological polar surface area (TPSA) is 119 Å². The van der Waals surface area contributed by atoms with Gasteiger partial charge in [-0.3, -0.25) is 10.1 Å². The maximum atomic E-state index is 12.4. The summed E-state index contributed by atoms with van der Waals surface area (Å²) < 4.78 is 11.2. The van der Waals surface area contributed by atoms with E-state index in [0.717, 1.165) is 31.2 Å². The van der Waals surface area contributed by atoms with Gasteiger partial charge in [0.15, 0.2) is 0 Å². The van der Waals surface area contributed by atoms with Crippen LogP contribution >= 0.6 is 0 Å². The lowest BCUT2D eigenvalue weighted by molar-refractivity contribution is -0.385. The molecule has 182 valence electrons. The summed E-state index contributed by atoms with van der Waals surface area (Å²) in [5, 5.41) is 18.4. The molecule has 34 heavy (non-hydrogen) atoms. The lowest BCUT2D eigenvalue weighted by atomic mass is 9.84. The number of hydrogen-bond donors (Lipinski definition) is 1.